The van der Waals surface area contributed by atoms with E-state index in [0.717, 1.165) is 18.2 Å². The molecule has 5 rings (SSSR count). The Kier molecular flexibility index (Phi) is 6.04. The lowest BCUT2D eigenvalue weighted by Crippen LogP contribution is -2.54. The molecule has 0 amide bonds. The van der Waals surface area contributed by atoms with Crippen LogP contribution in [0.5, 0.6) is 5.75 Å². The van der Waals surface area contributed by atoms with Crippen LogP contribution < -0.4 is 38.1 Å². The Balaban J connectivity index is 1.51. The Morgan fingerprint density at radius 2 is 1.29 bits per heavy atom. The minimum Gasteiger partial charge on any atom is -0.506 e. The first-order chi connectivity index (χ1) is 16.3. The van der Waals surface area contributed by atoms with E-state index in [1.54, 1.807) is 12.1 Å². The van der Waals surface area contributed by atoms with Crippen molar-refractivity contribution in [2.45, 2.75) is 37.0 Å². The van der Waals surface area contributed by atoms with Crippen molar-refractivity contribution in [3.8, 4) is 5.75 Å². The van der Waals surface area contributed by atoms with Crippen LogP contribution in [-0.4, -0.2) is 75.4 Å². The van der Waals surface area contributed by atoms with Gasteiger partial charge in [-0.05, 0) is 31.0 Å². The molecule has 2 aromatic heterocycles. The first kappa shape index (κ1) is 22.5. The molecule has 4 heterocycles. The van der Waals surface area contributed by atoms with E-state index in [1.165, 1.54) is 0 Å². The van der Waals surface area contributed by atoms with Crippen LogP contribution in [0, 0.1) is 0 Å². The lowest BCUT2D eigenvalue weighted by Gasteiger charge is -2.36. The molecular weight excluding hydrogens is 434 g/mol. The molecule has 2 saturated heterocycles. The summed E-state index contributed by atoms with van der Waals surface area (Å²) in [6, 6.07) is 8.68. The van der Waals surface area contributed by atoms with Gasteiger partial charge >= 0.3 is 0 Å². The van der Waals surface area contributed by atoms with Crippen LogP contribution in [0.25, 0.3) is 10.9 Å². The van der Waals surface area contributed by atoms with Crippen molar-refractivity contribution in [1.29, 1.82) is 0 Å². The third-order valence-corrected chi connectivity index (χ3v) is 6.15. The second-order valence-electron chi connectivity index (χ2n) is 9.25. The number of para-hydroxylation sites is 1. The number of pyridine rings is 1. The van der Waals surface area contributed by atoms with E-state index < -0.39 is 0 Å². The number of fused-ring (bicyclic) bond motifs is 1. The highest BCUT2D eigenvalue weighted by Crippen LogP contribution is 2.26. The maximum atomic E-state index is 10.2. The third-order valence-electron chi connectivity index (χ3n) is 6.15. The first-order valence-corrected chi connectivity index (χ1v) is 11.5. The number of anilines is 4. The van der Waals surface area contributed by atoms with E-state index in [9.17, 15) is 5.11 Å². The highest BCUT2D eigenvalue weighted by Gasteiger charge is 2.28. The summed E-state index contributed by atoms with van der Waals surface area (Å²) in [5, 5.41) is 14.2. The van der Waals surface area contributed by atoms with Crippen LogP contribution in [0.3, 0.4) is 0 Å². The number of piperidine rings is 2. The minimum atomic E-state index is -0.0673. The molecule has 0 radical (unpaired) electrons. The summed E-state index contributed by atoms with van der Waals surface area (Å²) < 4.78 is 0. The van der Waals surface area contributed by atoms with E-state index in [1.807, 2.05) is 28.0 Å². The zero-order chi connectivity index (χ0) is 23.8. The first-order valence-electron chi connectivity index (χ1n) is 11.5. The van der Waals surface area contributed by atoms with Gasteiger partial charge in [-0.1, -0.05) is 12.1 Å². The molecule has 1 aromatic carbocycles. The highest BCUT2D eigenvalue weighted by molar-refractivity contribution is 5.85. The Morgan fingerprint density at radius 1 is 0.735 bits per heavy atom. The number of phenolic OH excluding ortho intramolecular Hbond substituents is 1. The van der Waals surface area contributed by atoms with Gasteiger partial charge in [0.1, 0.15) is 17.1 Å². The molecular formula is C22H31N11O. The van der Waals surface area contributed by atoms with Gasteiger partial charge in [-0.15, -0.1) is 0 Å². The fourth-order valence-corrected chi connectivity index (χ4v) is 4.69. The third kappa shape index (κ3) is 4.80. The Labute approximate surface area is 197 Å². The standard InChI is InChI=1S/C22H31N11O/c23-13-6-14(24)9-32(8-13)21-29-20(30-22(31-21)33-10-15(25)7-16(26)11-33)28-18-5-4-12-2-1-3-17(34)19(12)27-18/h1-5,13-16,34H,6-11,23-26H2,(H,27,28,29,30,31). The van der Waals surface area contributed by atoms with Gasteiger partial charge < -0.3 is 43.2 Å². The van der Waals surface area contributed by atoms with Gasteiger partial charge in [0.05, 0.1) is 0 Å². The van der Waals surface area contributed by atoms with Crippen molar-refractivity contribution >= 4 is 34.6 Å². The quantitative estimate of drug-likeness (QED) is 0.292. The summed E-state index contributed by atoms with van der Waals surface area (Å²) >= 11 is 0. The van der Waals surface area contributed by atoms with Crippen molar-refractivity contribution in [3.63, 3.8) is 0 Å². The predicted octanol–water partition coefficient (Wildman–Crippen LogP) is -0.402. The Morgan fingerprint density at radius 3 is 1.85 bits per heavy atom. The van der Waals surface area contributed by atoms with E-state index in [2.05, 4.69) is 20.3 Å². The van der Waals surface area contributed by atoms with Crippen LogP contribution in [0.15, 0.2) is 30.3 Å². The number of hydrogen-bond donors (Lipinski definition) is 6. The normalized spacial score (nSPS) is 25.5. The summed E-state index contributed by atoms with van der Waals surface area (Å²) in [5.74, 6) is 1.88. The second-order valence-corrected chi connectivity index (χ2v) is 9.25. The predicted molar refractivity (Wildman–Crippen MR) is 132 cm³/mol. The SMILES string of the molecule is NC1CC(N)CN(c2nc(Nc3ccc4cccc(O)c4n3)nc(N3CC(N)CC(N)C3)n2)C1. The van der Waals surface area contributed by atoms with Crippen LogP contribution in [0.4, 0.5) is 23.7 Å². The van der Waals surface area contributed by atoms with Gasteiger partial charge in [-0.3, -0.25) is 0 Å². The van der Waals surface area contributed by atoms with E-state index in [4.69, 9.17) is 27.9 Å². The summed E-state index contributed by atoms with van der Waals surface area (Å²) in [5.41, 5.74) is 25.3. The van der Waals surface area contributed by atoms with Crippen molar-refractivity contribution < 1.29 is 5.11 Å². The van der Waals surface area contributed by atoms with Crippen molar-refractivity contribution in [2.24, 2.45) is 22.9 Å². The second kappa shape index (κ2) is 9.14. The number of aromatic nitrogens is 4. The number of hydrogen-bond acceptors (Lipinski definition) is 12. The topological polar surface area (TPSA) is 194 Å². The van der Waals surface area contributed by atoms with Crippen molar-refractivity contribution in [2.75, 3.05) is 41.3 Å². The van der Waals surface area contributed by atoms with Gasteiger partial charge in [-0.2, -0.15) is 15.0 Å². The fraction of sp³-hybridized carbons (Fsp3) is 0.455. The molecule has 34 heavy (non-hydrogen) atoms. The molecule has 12 nitrogen and oxygen atoms in total. The lowest BCUT2D eigenvalue weighted by atomic mass is 10.0. The zero-order valence-corrected chi connectivity index (χ0v) is 18.9. The number of phenols is 1. The van der Waals surface area contributed by atoms with E-state index >= 15 is 0 Å². The maximum absolute atomic E-state index is 10.2. The molecule has 0 aliphatic carbocycles. The molecule has 4 atom stereocenters. The molecule has 4 unspecified atom stereocenters. The number of nitrogens with one attached hydrogen (secondary N) is 1. The average Bonchev–Trinajstić information content (AvgIpc) is 2.78. The van der Waals surface area contributed by atoms with E-state index in [0.29, 0.717) is 55.4 Å². The zero-order valence-electron chi connectivity index (χ0n) is 18.9. The van der Waals surface area contributed by atoms with Crippen LogP contribution in [-0.2, 0) is 0 Å². The van der Waals surface area contributed by atoms with Gasteiger partial charge in [0, 0.05) is 55.7 Å². The van der Waals surface area contributed by atoms with Gasteiger partial charge in [0.25, 0.3) is 0 Å². The molecule has 12 heteroatoms. The Bertz CT molecular complexity index is 1110. The largest absolute Gasteiger partial charge is 0.506 e. The summed E-state index contributed by atoms with van der Waals surface area (Å²) in [4.78, 5) is 22.5. The summed E-state index contributed by atoms with van der Waals surface area (Å²) in [6.45, 7) is 2.38. The molecule has 3 aromatic rings. The molecule has 0 bridgehead atoms. The average molecular weight is 466 g/mol. The van der Waals surface area contributed by atoms with Gasteiger partial charge in [0.15, 0.2) is 0 Å². The van der Waals surface area contributed by atoms with E-state index in [-0.39, 0.29) is 29.9 Å². The van der Waals surface area contributed by atoms with Crippen LogP contribution in [0.2, 0.25) is 0 Å². The number of nitrogens with two attached hydrogens (primary N) is 4. The summed E-state index contributed by atoms with van der Waals surface area (Å²) in [6.07, 6.45) is 1.50. The molecule has 0 saturated carbocycles. The van der Waals surface area contributed by atoms with Crippen LogP contribution >= 0.6 is 0 Å². The minimum absolute atomic E-state index is 0.0673. The molecule has 180 valence electrons. The molecule has 2 fully saturated rings. The van der Waals surface area contributed by atoms with Gasteiger partial charge in [-0.25, -0.2) is 4.98 Å². The fourth-order valence-electron chi connectivity index (χ4n) is 4.69. The highest BCUT2D eigenvalue weighted by atomic mass is 16.3. The molecule has 10 N–H and O–H groups in total. The number of benzene rings is 1. The number of aromatic hydroxyl groups is 1. The van der Waals surface area contributed by atoms with Gasteiger partial charge in [0.2, 0.25) is 17.8 Å². The van der Waals surface area contributed by atoms with Crippen LogP contribution in [0.1, 0.15) is 12.8 Å². The molecule has 2 aliphatic rings. The maximum Gasteiger partial charge on any atom is 0.235 e. The number of nitrogens with zero attached hydrogens (tertiary/aromatic N) is 6. The summed E-state index contributed by atoms with van der Waals surface area (Å²) in [7, 11) is 0. The number of rotatable bonds is 4. The molecule has 0 spiro atoms. The molecule has 2 aliphatic heterocycles. The smallest absolute Gasteiger partial charge is 0.235 e. The lowest BCUT2D eigenvalue weighted by molar-refractivity contribution is 0.441. The van der Waals surface area contributed by atoms with Crippen molar-refractivity contribution in [3.05, 3.63) is 30.3 Å². The Hall–Kier alpha value is -3.32. The monoisotopic (exact) mass is 465 g/mol. The van der Waals surface area contributed by atoms with Crippen molar-refractivity contribution in [1.82, 2.24) is 19.9 Å².